The van der Waals surface area contributed by atoms with Crippen molar-refractivity contribution < 1.29 is 81.8 Å². The SMILES string of the molecule is CC(C)[C@H](N)C(=O)N[C@@H](Cc1ccccc1)C(=O)N[C@@H](Cc1c[nH]cn1)C(=O)N1CCC[C@H]1C(=O)N[C@@H](Cc1ccccc1)C(=O)N[C@@H](Cc1c[nH]c2ccccc12)C(=O)NCC(=O)N[C@@H](Cc1ccc(O)cc1)C(=O)N[C@@H](Cc1ccccc1)C(=O)N[C@@H](CCCCN)C(=O)NCC(=O)NCC(=O)NCC(=O)N[C@@H](CCCCNC(=O)CCCC[C@@H]1SC[C@@H]2NC(=O)N[C@@H]21)C(N)=O. The second-order valence-electron chi connectivity index (χ2n) is 33.7. The number of thioether (sulfide) groups is 1. The number of imidazole rings is 1. The van der Waals surface area contributed by atoms with Crippen molar-refractivity contribution in [3.63, 3.8) is 0 Å². The Kier molecular flexibility index (Phi) is 39.4. The number of H-pyrrole nitrogens is 2. The summed E-state index contributed by atoms with van der Waals surface area (Å²) in [5.74, 6) is -10.8. The van der Waals surface area contributed by atoms with Crippen LogP contribution in [0.5, 0.6) is 5.75 Å². The lowest BCUT2D eigenvalue weighted by Gasteiger charge is -2.31. The minimum absolute atomic E-state index is 0.00433. The van der Waals surface area contributed by atoms with Crippen LogP contribution in [0.3, 0.4) is 0 Å². The third kappa shape index (κ3) is 32.3. The molecule has 0 radical (unpaired) electrons. The maximum atomic E-state index is 15.2. The van der Waals surface area contributed by atoms with Gasteiger partial charge in [0, 0.05) is 92.3 Å². The molecule has 0 unspecified atom stereocenters. The van der Waals surface area contributed by atoms with Gasteiger partial charge in [-0.1, -0.05) is 142 Å². The Morgan fingerprint density at radius 1 is 0.496 bits per heavy atom. The number of hydrogen-bond acceptors (Lipinski definition) is 21. The number of benzene rings is 5. The highest BCUT2D eigenvalue weighted by Crippen LogP contribution is 2.33. The zero-order valence-electron chi connectivity index (χ0n) is 74.5. The number of likely N-dealkylation sites (tertiary alicyclic amines) is 1. The summed E-state index contributed by atoms with van der Waals surface area (Å²) in [5, 5.41) is 51.8. The monoisotopic (exact) mass is 1850 g/mol. The number of amides is 17. The molecule has 0 spiro atoms. The van der Waals surface area contributed by atoms with Crippen LogP contribution < -0.4 is 97.0 Å². The van der Waals surface area contributed by atoms with Crippen LogP contribution in [0.1, 0.15) is 124 Å². The molecule has 2 aromatic heterocycles. The number of primary amides is 1. The van der Waals surface area contributed by atoms with E-state index in [1.807, 2.05) is 23.9 Å². The number of aromatic nitrogens is 3. The largest absolute Gasteiger partial charge is 0.508 e. The van der Waals surface area contributed by atoms with E-state index in [0.717, 1.165) is 18.6 Å². The van der Waals surface area contributed by atoms with E-state index in [1.54, 1.807) is 129 Å². The Balaban J connectivity index is 0.757. The van der Waals surface area contributed by atoms with Gasteiger partial charge in [0.2, 0.25) is 88.6 Å². The van der Waals surface area contributed by atoms with E-state index >= 15 is 14.4 Å². The van der Waals surface area contributed by atoms with Crippen LogP contribution >= 0.6 is 11.8 Å². The molecule has 3 aliphatic rings. The minimum atomic E-state index is -1.52. The maximum Gasteiger partial charge on any atom is 0.315 e. The number of phenols is 1. The first-order valence-corrected chi connectivity index (χ1v) is 46.0. The molecular formula is C93H122N22O17S. The van der Waals surface area contributed by atoms with Gasteiger partial charge in [0.15, 0.2) is 0 Å². The first-order chi connectivity index (χ1) is 64.0. The molecule has 133 heavy (non-hydrogen) atoms. The molecular weight excluding hydrogens is 1730 g/mol. The van der Waals surface area contributed by atoms with Gasteiger partial charge in [-0.05, 0) is 123 Å². The van der Waals surface area contributed by atoms with Crippen molar-refractivity contribution in [2.24, 2.45) is 23.1 Å². The predicted molar refractivity (Wildman–Crippen MR) is 494 cm³/mol. The number of aromatic hydroxyl groups is 1. The smallest absolute Gasteiger partial charge is 0.315 e. The van der Waals surface area contributed by atoms with Gasteiger partial charge in [-0.25, -0.2) is 9.78 Å². The standard InChI is InChI=1S/C93H122N22O17S/c1-55(2)81(95)91(130)111-70(43-58-25-10-5-11-26-58)89(128)112-72(46-61-48-97-54-104-61)92(131)115-40-20-31-74(115)90(129)110-69(42-57-23-8-4-9-24-57)88(127)109-71(45-60-47-99-64-28-13-12-27-63(60)64)85(124)103-52-80(121)106-67(44-59-34-36-62(116)37-35-59)86(125)108-68(41-56-21-6-3-7-22-56)87(126)107-66(30-16-18-38-94)84(123)102-50-78(119)100-49-77(118)101-51-79(120)105-65(83(96)122)29-17-19-39-98-76(117)33-15-14-32-75-82-73(53-133-75)113-93(132)114-82/h3-13,21-28,34-37,47-48,54-55,65-75,81-82,99,116H,14-20,29-33,38-46,49-53,94-95H2,1-2H3,(H2,96,122)(H,97,104)(H,98,117)(H,100,119)(H,101,118)(H,102,123)(H,103,124)(H,105,120)(H,106,121)(H,107,126)(H,108,125)(H,109,127)(H,110,129)(H,111,130)(H,112,128)(H2,113,114,132)/t65-,66-,67-,68-,69-,70-,71-,72-,73-,74-,75-,81-,82-/m0/s1. The quantitative estimate of drug-likeness (QED) is 0.0165. The van der Waals surface area contributed by atoms with Crippen molar-refractivity contribution in [1.29, 1.82) is 0 Å². The number of carbonyl (C=O) groups excluding carboxylic acids is 16. The molecule has 40 heteroatoms. The van der Waals surface area contributed by atoms with Crippen LogP contribution in [0, 0.1) is 5.92 Å². The Labute approximate surface area is 774 Å². The number of carbonyl (C=O) groups is 16. The van der Waals surface area contributed by atoms with Crippen LogP contribution in [0.25, 0.3) is 10.9 Å². The molecule has 0 saturated carbocycles. The van der Waals surface area contributed by atoms with E-state index in [4.69, 9.17) is 17.2 Å². The molecule has 3 saturated heterocycles. The second kappa shape index (κ2) is 51.7. The Hall–Kier alpha value is -13.8. The Morgan fingerprint density at radius 2 is 1.00 bits per heavy atom. The fourth-order valence-electron chi connectivity index (χ4n) is 15.9. The molecule has 24 N–H and O–H groups in total. The topological polar surface area (TPSA) is 600 Å². The normalized spacial score (nSPS) is 16.9. The third-order valence-electron chi connectivity index (χ3n) is 23.3. The highest BCUT2D eigenvalue weighted by Gasteiger charge is 2.44. The average molecular weight is 1850 g/mol. The molecule has 13 atom stereocenters. The number of para-hydroxylation sites is 1. The first kappa shape index (κ1) is 101. The van der Waals surface area contributed by atoms with Crippen LogP contribution in [0.15, 0.2) is 158 Å². The van der Waals surface area contributed by atoms with Gasteiger partial charge < -0.3 is 117 Å². The maximum absolute atomic E-state index is 15.2. The second-order valence-corrected chi connectivity index (χ2v) is 35.0. The van der Waals surface area contributed by atoms with E-state index in [1.165, 1.54) is 35.5 Å². The number of unbranched alkanes of at least 4 members (excludes halogenated alkanes) is 3. The summed E-state index contributed by atoms with van der Waals surface area (Å²) >= 11 is 1.81. The number of hydrogen-bond donors (Lipinski definition) is 21. The molecule has 712 valence electrons. The van der Waals surface area contributed by atoms with Gasteiger partial charge in [-0.15, -0.1) is 0 Å². The lowest BCUT2D eigenvalue weighted by molar-refractivity contribution is -0.142. The number of fused-ring (bicyclic) bond motifs is 2. The van der Waals surface area contributed by atoms with Crippen LogP contribution in [0.2, 0.25) is 0 Å². The van der Waals surface area contributed by atoms with Gasteiger partial charge in [0.05, 0.1) is 56.3 Å². The van der Waals surface area contributed by atoms with Crippen molar-refractivity contribution in [1.82, 2.24) is 99.6 Å². The number of rotatable bonds is 53. The highest BCUT2D eigenvalue weighted by molar-refractivity contribution is 8.00. The number of urea groups is 1. The van der Waals surface area contributed by atoms with Gasteiger partial charge in [0.25, 0.3) is 0 Å². The van der Waals surface area contributed by atoms with E-state index in [2.05, 4.69) is 94.7 Å². The summed E-state index contributed by atoms with van der Waals surface area (Å²) in [6.45, 7) is 1.43. The van der Waals surface area contributed by atoms with E-state index in [-0.39, 0.29) is 107 Å². The third-order valence-corrected chi connectivity index (χ3v) is 24.8. The van der Waals surface area contributed by atoms with Crippen molar-refractivity contribution in [2.75, 3.05) is 51.6 Å². The summed E-state index contributed by atoms with van der Waals surface area (Å²) in [4.78, 5) is 234. The number of nitrogens with zero attached hydrogens (tertiary/aromatic N) is 2. The zero-order valence-corrected chi connectivity index (χ0v) is 75.3. The van der Waals surface area contributed by atoms with Gasteiger partial charge in [-0.3, -0.25) is 71.9 Å². The lowest BCUT2D eigenvalue weighted by atomic mass is 10.0. The number of nitrogens with two attached hydrogens (primary N) is 3. The molecule has 7 aromatic rings. The number of phenolic OH excluding ortho intramolecular Hbond substituents is 1. The Bertz CT molecular complexity index is 5110. The molecule has 5 heterocycles. The number of nitrogens with one attached hydrogen (secondary N) is 17. The van der Waals surface area contributed by atoms with Crippen molar-refractivity contribution in [3.05, 3.63) is 192 Å². The molecule has 3 aliphatic heterocycles. The van der Waals surface area contributed by atoms with Gasteiger partial charge in [0.1, 0.15) is 60.1 Å². The minimum Gasteiger partial charge on any atom is -0.508 e. The Morgan fingerprint density at radius 3 is 1.59 bits per heavy atom. The summed E-state index contributed by atoms with van der Waals surface area (Å²) in [6.07, 6.45) is 8.81. The molecule has 39 nitrogen and oxygen atoms in total. The van der Waals surface area contributed by atoms with Crippen LogP contribution in [-0.2, 0) is 110 Å². The molecule has 0 bridgehead atoms. The summed E-state index contributed by atoms with van der Waals surface area (Å²) < 4.78 is 0. The zero-order chi connectivity index (χ0) is 95.3. The highest BCUT2D eigenvalue weighted by atomic mass is 32.2. The first-order valence-electron chi connectivity index (χ1n) is 45.0. The van der Waals surface area contributed by atoms with E-state index < -0.39 is 169 Å². The average Bonchev–Trinajstić information content (AvgIpc) is 1.69. The van der Waals surface area contributed by atoms with Gasteiger partial charge in [-0.2, -0.15) is 11.8 Å². The lowest BCUT2D eigenvalue weighted by Crippen LogP contribution is -2.60. The van der Waals surface area contributed by atoms with Crippen molar-refractivity contribution >= 4 is 117 Å². The molecule has 5 aromatic carbocycles. The summed E-state index contributed by atoms with van der Waals surface area (Å²) in [5.41, 5.74) is 21.6. The summed E-state index contributed by atoms with van der Waals surface area (Å²) in [7, 11) is 0. The molecule has 10 rings (SSSR count). The van der Waals surface area contributed by atoms with Crippen LogP contribution in [0.4, 0.5) is 4.79 Å². The van der Waals surface area contributed by atoms with E-state index in [0.29, 0.717) is 101 Å². The molecule has 0 aliphatic carbocycles. The fraction of sp³-hybridized carbons (Fsp3) is 0.452. The van der Waals surface area contributed by atoms with Crippen molar-refractivity contribution in [2.45, 2.75) is 207 Å². The molecule has 3 fully saturated rings. The van der Waals surface area contributed by atoms with Crippen LogP contribution in [-0.4, -0.2) is 249 Å². The van der Waals surface area contributed by atoms with E-state index in [9.17, 15) is 67.4 Å². The fourth-order valence-corrected chi connectivity index (χ4v) is 17.4. The van der Waals surface area contributed by atoms with Gasteiger partial charge >= 0.3 is 6.03 Å². The predicted octanol–water partition coefficient (Wildman–Crippen LogP) is -0.703. The molecule has 17 amide bonds. The number of aromatic amines is 2. The summed E-state index contributed by atoms with van der Waals surface area (Å²) in [6, 6.07) is 26.2. The van der Waals surface area contributed by atoms with Crippen molar-refractivity contribution in [3.8, 4) is 5.75 Å².